The molecule has 0 bridgehead atoms. The second-order valence-electron chi connectivity index (χ2n) is 8.08. The Morgan fingerprint density at radius 1 is 1.11 bits per heavy atom. The largest absolute Gasteiger partial charge is 0.479 e. The maximum absolute atomic E-state index is 12.9. The quantitative estimate of drug-likeness (QED) is 0.242. The van der Waals surface area contributed by atoms with Crippen LogP contribution in [0.3, 0.4) is 0 Å². The maximum Gasteiger partial charge on any atom is 0.311 e. The number of aryl methyl sites for hydroxylation is 1. The number of ketones is 1. The van der Waals surface area contributed by atoms with Crippen LogP contribution < -0.4 is 19.1 Å². The fourth-order valence-electron chi connectivity index (χ4n) is 3.91. The molecule has 0 amide bonds. The van der Waals surface area contributed by atoms with Gasteiger partial charge >= 0.3 is 5.97 Å². The van der Waals surface area contributed by atoms with Crippen LogP contribution in [0, 0.1) is 6.92 Å². The number of hydrogen-bond acceptors (Lipinski definition) is 8. The second-order valence-corrected chi connectivity index (χ2v) is 8.08. The number of benzene rings is 2. The summed E-state index contributed by atoms with van der Waals surface area (Å²) in [5.41, 5.74) is 3.03. The van der Waals surface area contributed by atoms with Gasteiger partial charge in [0.15, 0.2) is 5.76 Å². The summed E-state index contributed by atoms with van der Waals surface area (Å²) in [5, 5.41) is 3.71. The molecule has 3 aromatic rings. The number of allylic oxidation sites excluding steroid dienone is 1. The molecule has 2 aromatic carbocycles. The Morgan fingerprint density at radius 3 is 2.51 bits per heavy atom. The van der Waals surface area contributed by atoms with Gasteiger partial charge in [-0.2, -0.15) is 0 Å². The standard InChI is InChI=1S/C27H28N2O6/c1-5-29(6-2)19-9-7-18(8-10-19)15-23-26(31)21-12-13-22(17(3)27(21)34-23)33-25(30)14-11-20-16-24(32-4)28-35-20/h7-10,12-13,15-16H,5-6,11,14H2,1-4H3/b23-15-. The third-order valence-corrected chi connectivity index (χ3v) is 5.90. The van der Waals surface area contributed by atoms with Crippen molar-refractivity contribution in [1.82, 2.24) is 5.16 Å². The van der Waals surface area contributed by atoms with E-state index in [1.54, 1.807) is 31.2 Å². The average molecular weight is 477 g/mol. The molecule has 0 saturated heterocycles. The van der Waals surface area contributed by atoms with Crippen molar-refractivity contribution in [3.63, 3.8) is 0 Å². The van der Waals surface area contributed by atoms with Crippen molar-refractivity contribution >= 4 is 23.5 Å². The zero-order chi connectivity index (χ0) is 24.9. The summed E-state index contributed by atoms with van der Waals surface area (Å²) in [6.07, 6.45) is 2.16. The number of methoxy groups -OCH3 is 1. The fraction of sp³-hybridized carbons (Fsp3) is 0.296. The molecule has 0 aliphatic carbocycles. The summed E-state index contributed by atoms with van der Waals surface area (Å²) in [5.74, 6) is 1.24. The van der Waals surface area contributed by atoms with Crippen LogP contribution in [0.4, 0.5) is 5.69 Å². The van der Waals surface area contributed by atoms with Crippen molar-refractivity contribution in [1.29, 1.82) is 0 Å². The van der Waals surface area contributed by atoms with E-state index in [1.807, 2.05) is 24.3 Å². The van der Waals surface area contributed by atoms with Crippen molar-refractivity contribution in [2.24, 2.45) is 0 Å². The van der Waals surface area contributed by atoms with E-state index in [0.29, 0.717) is 40.7 Å². The smallest absolute Gasteiger partial charge is 0.311 e. The van der Waals surface area contributed by atoms with Gasteiger partial charge in [0.05, 0.1) is 19.1 Å². The predicted octanol–water partition coefficient (Wildman–Crippen LogP) is 4.99. The average Bonchev–Trinajstić information content (AvgIpc) is 3.46. The first-order valence-corrected chi connectivity index (χ1v) is 11.6. The van der Waals surface area contributed by atoms with Crippen LogP contribution in [-0.4, -0.2) is 37.1 Å². The summed E-state index contributed by atoms with van der Waals surface area (Å²) in [6, 6.07) is 12.9. The van der Waals surface area contributed by atoms with E-state index in [9.17, 15) is 9.59 Å². The van der Waals surface area contributed by atoms with Crippen molar-refractivity contribution in [3.8, 4) is 17.4 Å². The SMILES string of the molecule is CCN(CC)c1ccc(/C=C2\Oc3c(ccc(OC(=O)CCc4cc(OC)no4)c3C)C2=O)cc1. The number of nitrogens with zero attached hydrogens (tertiary/aromatic N) is 2. The molecule has 4 rings (SSSR count). The minimum atomic E-state index is -0.434. The first-order valence-electron chi connectivity index (χ1n) is 11.6. The van der Waals surface area contributed by atoms with Crippen molar-refractivity contribution in [2.75, 3.05) is 25.1 Å². The number of fused-ring (bicyclic) bond motifs is 1. The van der Waals surface area contributed by atoms with Crippen LogP contribution in [0.15, 0.2) is 52.7 Å². The number of carbonyl (C=O) groups is 2. The predicted molar refractivity (Wildman–Crippen MR) is 131 cm³/mol. The summed E-state index contributed by atoms with van der Waals surface area (Å²) >= 11 is 0. The maximum atomic E-state index is 12.9. The molecule has 8 nitrogen and oxygen atoms in total. The highest BCUT2D eigenvalue weighted by Crippen LogP contribution is 2.39. The first-order chi connectivity index (χ1) is 16.9. The minimum Gasteiger partial charge on any atom is -0.479 e. The van der Waals surface area contributed by atoms with Gasteiger partial charge in [-0.1, -0.05) is 12.1 Å². The minimum absolute atomic E-state index is 0.100. The molecule has 0 radical (unpaired) electrons. The molecular weight excluding hydrogens is 448 g/mol. The number of rotatable bonds is 9. The molecule has 1 aromatic heterocycles. The highest BCUT2D eigenvalue weighted by Gasteiger charge is 2.30. The zero-order valence-electron chi connectivity index (χ0n) is 20.3. The summed E-state index contributed by atoms with van der Waals surface area (Å²) < 4.78 is 21.5. The van der Waals surface area contributed by atoms with Crippen LogP contribution in [0.1, 0.15) is 47.5 Å². The van der Waals surface area contributed by atoms with E-state index in [1.165, 1.54) is 7.11 Å². The molecule has 2 heterocycles. The third-order valence-electron chi connectivity index (χ3n) is 5.90. The van der Waals surface area contributed by atoms with Gasteiger partial charge in [-0.05, 0) is 61.8 Å². The monoisotopic (exact) mass is 476 g/mol. The highest BCUT2D eigenvalue weighted by molar-refractivity contribution is 6.15. The first kappa shape index (κ1) is 24.1. The van der Waals surface area contributed by atoms with Gasteiger partial charge in [0.25, 0.3) is 5.88 Å². The molecular formula is C27H28N2O6. The number of anilines is 1. The Bertz CT molecular complexity index is 1260. The van der Waals surface area contributed by atoms with Gasteiger partial charge in [0, 0.05) is 36.8 Å². The molecule has 1 aliphatic heterocycles. The molecule has 1 aliphatic rings. The third kappa shape index (κ3) is 5.21. The summed E-state index contributed by atoms with van der Waals surface area (Å²) in [6.45, 7) is 7.84. The molecule has 8 heteroatoms. The molecule has 182 valence electrons. The number of Topliss-reactive ketones (excluding diaryl/α,β-unsaturated/α-hetero) is 1. The Kier molecular flexibility index (Phi) is 7.19. The van der Waals surface area contributed by atoms with Crippen LogP contribution in [0.2, 0.25) is 0 Å². The van der Waals surface area contributed by atoms with E-state index < -0.39 is 5.97 Å². The van der Waals surface area contributed by atoms with Gasteiger partial charge in [-0.15, -0.1) is 0 Å². The van der Waals surface area contributed by atoms with E-state index in [-0.39, 0.29) is 18.0 Å². The van der Waals surface area contributed by atoms with Crippen molar-refractivity contribution < 1.29 is 28.3 Å². The number of hydrogen-bond donors (Lipinski definition) is 0. The number of esters is 1. The van der Waals surface area contributed by atoms with Crippen LogP contribution >= 0.6 is 0 Å². The van der Waals surface area contributed by atoms with Crippen molar-refractivity contribution in [2.45, 2.75) is 33.6 Å². The van der Waals surface area contributed by atoms with E-state index in [0.717, 1.165) is 24.3 Å². The lowest BCUT2D eigenvalue weighted by molar-refractivity contribution is -0.134. The molecule has 0 atom stereocenters. The second kappa shape index (κ2) is 10.5. The molecule has 0 spiro atoms. The fourth-order valence-corrected chi connectivity index (χ4v) is 3.91. The molecule has 35 heavy (non-hydrogen) atoms. The van der Waals surface area contributed by atoms with E-state index >= 15 is 0 Å². The Balaban J connectivity index is 1.44. The van der Waals surface area contributed by atoms with Gasteiger partial charge in [0.1, 0.15) is 17.3 Å². The van der Waals surface area contributed by atoms with Gasteiger partial charge < -0.3 is 23.6 Å². The topological polar surface area (TPSA) is 91.1 Å². The Labute approximate surface area is 204 Å². The normalized spacial score (nSPS) is 13.5. The lowest BCUT2D eigenvalue weighted by atomic mass is 10.1. The van der Waals surface area contributed by atoms with Crippen LogP contribution in [0.25, 0.3) is 6.08 Å². The van der Waals surface area contributed by atoms with Crippen molar-refractivity contribution in [3.05, 3.63) is 70.7 Å². The number of carbonyl (C=O) groups excluding carboxylic acids is 2. The van der Waals surface area contributed by atoms with Gasteiger partial charge in [-0.25, -0.2) is 0 Å². The van der Waals surface area contributed by atoms with Crippen LogP contribution in [0.5, 0.6) is 17.4 Å². The molecule has 0 fully saturated rings. The number of aromatic nitrogens is 1. The Morgan fingerprint density at radius 2 is 1.86 bits per heavy atom. The summed E-state index contributed by atoms with van der Waals surface area (Å²) in [4.78, 5) is 27.5. The Hall–Kier alpha value is -4.07. The van der Waals surface area contributed by atoms with Gasteiger partial charge in [0.2, 0.25) is 5.78 Å². The van der Waals surface area contributed by atoms with Crippen LogP contribution in [-0.2, 0) is 11.2 Å². The lowest BCUT2D eigenvalue weighted by Gasteiger charge is -2.20. The zero-order valence-corrected chi connectivity index (χ0v) is 20.3. The van der Waals surface area contributed by atoms with E-state index in [4.69, 9.17) is 18.7 Å². The van der Waals surface area contributed by atoms with E-state index in [2.05, 4.69) is 23.9 Å². The molecule has 0 N–H and O–H groups in total. The molecule has 0 unspecified atom stereocenters. The number of ether oxygens (including phenoxy) is 3. The lowest BCUT2D eigenvalue weighted by Crippen LogP contribution is -2.21. The summed E-state index contributed by atoms with van der Waals surface area (Å²) in [7, 11) is 1.49. The van der Waals surface area contributed by atoms with Gasteiger partial charge in [-0.3, -0.25) is 9.59 Å². The highest BCUT2D eigenvalue weighted by atomic mass is 16.5. The molecule has 0 saturated carbocycles.